The van der Waals surface area contributed by atoms with Crippen LogP contribution in [0, 0.1) is 0 Å². The van der Waals surface area contributed by atoms with E-state index in [2.05, 4.69) is 10.6 Å². The summed E-state index contributed by atoms with van der Waals surface area (Å²) in [4.78, 5) is 34.2. The van der Waals surface area contributed by atoms with Crippen molar-refractivity contribution in [2.45, 2.75) is 31.7 Å². The summed E-state index contributed by atoms with van der Waals surface area (Å²) < 4.78 is 4.84. The van der Waals surface area contributed by atoms with E-state index in [1.165, 1.54) is 6.92 Å². The van der Waals surface area contributed by atoms with Crippen molar-refractivity contribution in [2.24, 2.45) is 5.73 Å². The molecule has 21 heavy (non-hydrogen) atoms. The number of esters is 1. The van der Waals surface area contributed by atoms with E-state index in [4.69, 9.17) is 10.5 Å². The number of amides is 2. The molecular formula is C14H17N3O4. The van der Waals surface area contributed by atoms with E-state index in [9.17, 15) is 14.4 Å². The number of nitrogens with one attached hydrogen (secondary N) is 2. The largest absolute Gasteiger partial charge is 0.439 e. The van der Waals surface area contributed by atoms with Crippen LogP contribution in [0.15, 0.2) is 30.3 Å². The Hall–Kier alpha value is -2.41. The summed E-state index contributed by atoms with van der Waals surface area (Å²) in [5.74, 6) is -1.40. The average Bonchev–Trinajstić information content (AvgIpc) is 2.44. The number of nitrogens with two attached hydrogens (primary N) is 1. The smallest absolute Gasteiger partial charge is 0.304 e. The van der Waals surface area contributed by atoms with Gasteiger partial charge in [0.05, 0.1) is 6.04 Å². The van der Waals surface area contributed by atoms with Gasteiger partial charge in [0.15, 0.2) is 6.04 Å². The molecule has 0 spiro atoms. The van der Waals surface area contributed by atoms with Gasteiger partial charge in [-0.25, -0.2) is 0 Å². The van der Waals surface area contributed by atoms with Crippen molar-refractivity contribution in [1.82, 2.24) is 10.6 Å². The van der Waals surface area contributed by atoms with Crippen molar-refractivity contribution in [2.75, 3.05) is 0 Å². The van der Waals surface area contributed by atoms with Crippen LogP contribution in [-0.2, 0) is 25.5 Å². The number of hydrogen-bond acceptors (Lipinski definition) is 5. The minimum atomic E-state index is -0.886. The van der Waals surface area contributed by atoms with Crippen LogP contribution in [0.5, 0.6) is 0 Å². The van der Waals surface area contributed by atoms with E-state index in [1.807, 2.05) is 30.3 Å². The maximum Gasteiger partial charge on any atom is 0.304 e. The van der Waals surface area contributed by atoms with Crippen LogP contribution in [0.2, 0.25) is 0 Å². The number of β-lactam (4-membered cyclic amide) rings is 1. The molecule has 4 N–H and O–H groups in total. The zero-order valence-electron chi connectivity index (χ0n) is 11.5. The van der Waals surface area contributed by atoms with Crippen molar-refractivity contribution >= 4 is 17.8 Å². The summed E-state index contributed by atoms with van der Waals surface area (Å²) in [5.41, 5.74) is 6.74. The zero-order chi connectivity index (χ0) is 15.4. The summed E-state index contributed by atoms with van der Waals surface area (Å²) in [6, 6.07) is 7.65. The maximum absolute atomic E-state index is 12.0. The lowest BCUT2D eigenvalue weighted by Gasteiger charge is -2.36. The lowest BCUT2D eigenvalue weighted by Crippen LogP contribution is -2.71. The molecule has 1 fully saturated rings. The molecular weight excluding hydrogens is 274 g/mol. The fraction of sp³-hybridized carbons (Fsp3) is 0.357. The van der Waals surface area contributed by atoms with Crippen LogP contribution in [-0.4, -0.2) is 36.1 Å². The molecule has 7 nitrogen and oxygen atoms in total. The SMILES string of the molecule is CC(=O)O[C@@H]1NC(=O)[C@H]1NC(=O)[C@@H](N)Cc1ccccc1. The topological polar surface area (TPSA) is 111 Å². The summed E-state index contributed by atoms with van der Waals surface area (Å²) in [6.07, 6.45) is -0.470. The molecule has 7 heteroatoms. The molecule has 0 saturated carbocycles. The lowest BCUT2D eigenvalue weighted by atomic mass is 10.0. The molecule has 1 aliphatic rings. The van der Waals surface area contributed by atoms with Crippen molar-refractivity contribution < 1.29 is 19.1 Å². The van der Waals surface area contributed by atoms with Crippen LogP contribution in [0.1, 0.15) is 12.5 Å². The molecule has 1 saturated heterocycles. The lowest BCUT2D eigenvalue weighted by molar-refractivity contribution is -0.164. The third-order valence-electron chi connectivity index (χ3n) is 3.10. The van der Waals surface area contributed by atoms with Crippen LogP contribution >= 0.6 is 0 Å². The summed E-state index contributed by atoms with van der Waals surface area (Å²) >= 11 is 0. The highest BCUT2D eigenvalue weighted by atomic mass is 16.6. The van der Waals surface area contributed by atoms with Gasteiger partial charge in [-0.15, -0.1) is 0 Å². The van der Waals surface area contributed by atoms with E-state index in [0.29, 0.717) is 6.42 Å². The second-order valence-electron chi connectivity index (χ2n) is 4.82. The van der Waals surface area contributed by atoms with Crippen LogP contribution in [0.25, 0.3) is 0 Å². The number of hydrogen-bond donors (Lipinski definition) is 3. The fourth-order valence-electron chi connectivity index (χ4n) is 1.99. The van der Waals surface area contributed by atoms with E-state index >= 15 is 0 Å². The molecule has 3 atom stereocenters. The first kappa shape index (κ1) is 15.0. The third kappa shape index (κ3) is 3.79. The van der Waals surface area contributed by atoms with Crippen molar-refractivity contribution in [3.63, 3.8) is 0 Å². The Morgan fingerprint density at radius 3 is 2.62 bits per heavy atom. The number of benzene rings is 1. The molecule has 0 bridgehead atoms. The second-order valence-corrected chi connectivity index (χ2v) is 4.82. The summed E-state index contributed by atoms with van der Waals surface area (Å²) in [5, 5.41) is 4.87. The van der Waals surface area contributed by atoms with Crippen molar-refractivity contribution in [3.8, 4) is 0 Å². The van der Waals surface area contributed by atoms with Crippen LogP contribution in [0.3, 0.4) is 0 Å². The quantitative estimate of drug-likeness (QED) is 0.479. The van der Waals surface area contributed by atoms with E-state index in [0.717, 1.165) is 5.56 Å². The molecule has 1 heterocycles. The first-order valence-corrected chi connectivity index (χ1v) is 6.55. The molecule has 1 aliphatic heterocycles. The van der Waals surface area contributed by atoms with Gasteiger partial charge in [0.25, 0.3) is 5.91 Å². The zero-order valence-corrected chi connectivity index (χ0v) is 11.5. The minimum absolute atomic E-state index is 0.360. The standard InChI is InChI=1S/C14H17N3O4/c1-8(18)21-14-11(13(20)17-14)16-12(19)10(15)7-9-5-3-2-4-6-9/h2-6,10-11,14H,7,15H2,1H3,(H,16,19)(H,17,20)/t10-,11+,14-/m0/s1. The molecule has 1 aromatic carbocycles. The summed E-state index contributed by atoms with van der Waals surface area (Å²) in [7, 11) is 0. The highest BCUT2D eigenvalue weighted by Gasteiger charge is 2.43. The molecule has 0 aromatic heterocycles. The van der Waals surface area contributed by atoms with Crippen molar-refractivity contribution in [3.05, 3.63) is 35.9 Å². The molecule has 0 radical (unpaired) electrons. The van der Waals surface area contributed by atoms with Gasteiger partial charge in [-0.05, 0) is 12.0 Å². The fourth-order valence-corrected chi connectivity index (χ4v) is 1.99. The highest BCUT2D eigenvalue weighted by molar-refractivity contribution is 5.94. The monoisotopic (exact) mass is 291 g/mol. The van der Waals surface area contributed by atoms with Gasteiger partial charge in [-0.1, -0.05) is 30.3 Å². The molecule has 0 aliphatic carbocycles. The van der Waals surface area contributed by atoms with E-state index in [-0.39, 0.29) is 0 Å². The van der Waals surface area contributed by atoms with Crippen molar-refractivity contribution in [1.29, 1.82) is 0 Å². The average molecular weight is 291 g/mol. The van der Waals surface area contributed by atoms with Gasteiger partial charge < -0.3 is 21.1 Å². The maximum atomic E-state index is 12.0. The highest BCUT2D eigenvalue weighted by Crippen LogP contribution is 2.09. The number of ether oxygens (including phenoxy) is 1. The number of carbonyl (C=O) groups is 3. The Morgan fingerprint density at radius 2 is 2.05 bits per heavy atom. The van der Waals surface area contributed by atoms with Crippen LogP contribution < -0.4 is 16.4 Å². The van der Waals surface area contributed by atoms with Gasteiger partial charge in [-0.2, -0.15) is 0 Å². The Morgan fingerprint density at radius 1 is 1.38 bits per heavy atom. The molecule has 0 unspecified atom stereocenters. The third-order valence-corrected chi connectivity index (χ3v) is 3.10. The Labute approximate surface area is 121 Å². The van der Waals surface area contributed by atoms with Gasteiger partial charge >= 0.3 is 5.97 Å². The first-order chi connectivity index (χ1) is 9.97. The predicted octanol–water partition coefficient (Wildman–Crippen LogP) is -0.940. The molecule has 112 valence electrons. The minimum Gasteiger partial charge on any atom is -0.439 e. The normalized spacial score (nSPS) is 21.7. The molecule has 2 rings (SSSR count). The first-order valence-electron chi connectivity index (χ1n) is 6.55. The van der Waals surface area contributed by atoms with E-state index < -0.39 is 36.1 Å². The van der Waals surface area contributed by atoms with Gasteiger partial charge in [0.2, 0.25) is 12.1 Å². The summed E-state index contributed by atoms with van der Waals surface area (Å²) in [6.45, 7) is 1.23. The van der Waals surface area contributed by atoms with Gasteiger partial charge in [-0.3, -0.25) is 14.4 Å². The van der Waals surface area contributed by atoms with E-state index in [1.54, 1.807) is 0 Å². The number of carbonyl (C=O) groups excluding carboxylic acids is 3. The van der Waals surface area contributed by atoms with Crippen LogP contribution in [0.4, 0.5) is 0 Å². The molecule has 1 aromatic rings. The molecule has 2 amide bonds. The Kier molecular flexibility index (Phi) is 4.54. The number of rotatable bonds is 5. The second kappa shape index (κ2) is 6.36. The Balaban J connectivity index is 1.88. The predicted molar refractivity (Wildman–Crippen MR) is 73.7 cm³/mol. The Bertz CT molecular complexity index is 546. The van der Waals surface area contributed by atoms with Gasteiger partial charge in [0.1, 0.15) is 0 Å². The van der Waals surface area contributed by atoms with Gasteiger partial charge in [0, 0.05) is 6.92 Å².